The van der Waals surface area contributed by atoms with Gasteiger partial charge in [-0.05, 0) is 120 Å². The molecule has 0 fully saturated rings. The van der Waals surface area contributed by atoms with Gasteiger partial charge in [-0.15, -0.1) is 0 Å². The number of hydrogen-bond donors (Lipinski definition) is 0. The number of fused-ring (bicyclic) bond motifs is 3. The van der Waals surface area contributed by atoms with Crippen LogP contribution in [-0.4, -0.2) is 24.3 Å². The van der Waals surface area contributed by atoms with Crippen LogP contribution in [0.3, 0.4) is 0 Å². The summed E-state index contributed by atoms with van der Waals surface area (Å²) in [6.07, 6.45) is 4.40. The minimum absolute atomic E-state index is 0.0434. The van der Waals surface area contributed by atoms with Crippen molar-refractivity contribution in [1.29, 1.82) is 0 Å². The quantitative estimate of drug-likeness (QED) is 0.101. The number of aromatic nitrogens is 2. The summed E-state index contributed by atoms with van der Waals surface area (Å²) in [6, 6.07) is 90.4. The summed E-state index contributed by atoms with van der Waals surface area (Å²) in [5.74, 6) is 0.927. The molecule has 0 amide bonds. The van der Waals surface area contributed by atoms with Gasteiger partial charge in [0, 0.05) is 45.7 Å². The third-order valence-electron chi connectivity index (χ3n) is 15.2. The molecule has 12 rings (SSSR count). The zero-order valence-corrected chi connectivity index (χ0v) is 44.7. The second kappa shape index (κ2) is 19.1. The molecular weight excluding hydrogens is 925 g/mol. The van der Waals surface area contributed by atoms with E-state index in [2.05, 4.69) is 305 Å². The first-order valence-electron chi connectivity index (χ1n) is 26.3. The molecule has 0 N–H and O–H groups in total. The second-order valence-corrected chi connectivity index (χ2v) is 26.0. The monoisotopic (exact) mass is 986 g/mol. The van der Waals surface area contributed by atoms with Crippen LogP contribution in [0.1, 0.15) is 47.1 Å². The topological polar surface area (TPSA) is 24.3 Å². The first-order chi connectivity index (χ1) is 36.4. The highest BCUT2D eigenvalue weighted by Crippen LogP contribution is 2.42. The van der Waals surface area contributed by atoms with Crippen molar-refractivity contribution in [3.8, 4) is 39.2 Å². The molecule has 0 saturated heterocycles. The normalized spacial score (nSPS) is 13.2. The van der Waals surface area contributed by atoms with Crippen molar-refractivity contribution < 1.29 is 0 Å². The highest BCUT2D eigenvalue weighted by Gasteiger charge is 2.43. The fourth-order valence-electron chi connectivity index (χ4n) is 11.4. The van der Waals surface area contributed by atoms with E-state index in [9.17, 15) is 0 Å². The maximum absolute atomic E-state index is 5.11. The minimum atomic E-state index is -3.20. The third kappa shape index (κ3) is 8.77. The van der Waals surface area contributed by atoms with Gasteiger partial charge in [0.15, 0.2) is 8.07 Å². The lowest BCUT2D eigenvalue weighted by molar-refractivity contribution is 0.492. The predicted molar refractivity (Wildman–Crippen MR) is 321 cm³/mol. The van der Waals surface area contributed by atoms with Gasteiger partial charge in [-0.3, -0.25) is 4.57 Å². The summed E-state index contributed by atoms with van der Waals surface area (Å²) >= 11 is 0. The first-order valence-corrected chi connectivity index (χ1v) is 28.3. The maximum Gasteiger partial charge on any atom is 0.179 e. The third-order valence-corrected chi connectivity index (χ3v) is 20.0. The van der Waals surface area contributed by atoms with Gasteiger partial charge >= 0.3 is 0 Å². The SMILES string of the molecule is CC(C)(C)C1=CN(c2cc(-c3ccccc3)cc([Si](c3ccccc3)(c3ccccc3)c3ccc4c5ccccc5n(-c5cc(C(C)(C)C)ccn5)c4c3)c2)CN1c1cc(-c2ccccc2)cc(-c2ccccc2)c1. The van der Waals surface area contributed by atoms with Gasteiger partial charge in [0.25, 0.3) is 0 Å². The molecule has 5 heteroatoms. The van der Waals surface area contributed by atoms with Gasteiger partial charge in [-0.1, -0.05) is 230 Å². The van der Waals surface area contributed by atoms with E-state index in [0.717, 1.165) is 22.5 Å². The van der Waals surface area contributed by atoms with Crippen LogP contribution in [0, 0.1) is 5.41 Å². The van der Waals surface area contributed by atoms with Crippen LogP contribution in [-0.2, 0) is 5.41 Å². The van der Waals surface area contributed by atoms with Crippen LogP contribution in [0.15, 0.2) is 261 Å². The Hall–Kier alpha value is -8.51. The van der Waals surface area contributed by atoms with Crippen molar-refractivity contribution in [2.75, 3.05) is 16.5 Å². The van der Waals surface area contributed by atoms with Crippen molar-refractivity contribution in [2.24, 2.45) is 5.41 Å². The van der Waals surface area contributed by atoms with Gasteiger partial charge in [-0.2, -0.15) is 0 Å². The Morgan fingerprint density at radius 2 is 0.893 bits per heavy atom. The van der Waals surface area contributed by atoms with Crippen molar-refractivity contribution in [1.82, 2.24) is 9.55 Å². The summed E-state index contributed by atoms with van der Waals surface area (Å²) < 4.78 is 2.40. The van der Waals surface area contributed by atoms with Crippen molar-refractivity contribution in [3.63, 3.8) is 0 Å². The molecule has 1 aliphatic rings. The highest BCUT2D eigenvalue weighted by molar-refractivity contribution is 7.20. The Morgan fingerprint density at radius 3 is 1.45 bits per heavy atom. The fraction of sp³-hybridized carbons (Fsp3) is 0.129. The van der Waals surface area contributed by atoms with E-state index in [1.54, 1.807) is 0 Å². The zero-order chi connectivity index (χ0) is 51.3. The Kier molecular flexibility index (Phi) is 12.1. The van der Waals surface area contributed by atoms with Crippen LogP contribution in [0.4, 0.5) is 11.4 Å². The van der Waals surface area contributed by atoms with Crippen molar-refractivity contribution >= 4 is 62.0 Å². The fourth-order valence-corrected chi connectivity index (χ4v) is 16.3. The number of anilines is 2. The Bertz CT molecular complexity index is 3770. The molecule has 0 spiro atoms. The summed E-state index contributed by atoms with van der Waals surface area (Å²) in [5.41, 5.74) is 14.1. The first kappa shape index (κ1) is 47.5. The molecule has 0 radical (unpaired) electrons. The smallest absolute Gasteiger partial charge is 0.179 e. The van der Waals surface area contributed by atoms with Crippen LogP contribution < -0.4 is 30.5 Å². The molecule has 3 heterocycles. The van der Waals surface area contributed by atoms with Crippen LogP contribution in [0.5, 0.6) is 0 Å². The Balaban J connectivity index is 1.10. The lowest BCUT2D eigenvalue weighted by Gasteiger charge is -2.36. The van der Waals surface area contributed by atoms with Gasteiger partial charge in [0.05, 0.1) is 17.7 Å². The molecule has 0 aliphatic carbocycles. The van der Waals surface area contributed by atoms with Crippen LogP contribution >= 0.6 is 0 Å². The lowest BCUT2D eigenvalue weighted by Crippen LogP contribution is -2.74. The molecule has 75 heavy (non-hydrogen) atoms. The molecule has 0 saturated carbocycles. The lowest BCUT2D eigenvalue weighted by atomic mass is 9.88. The van der Waals surface area contributed by atoms with Gasteiger partial charge in [0.1, 0.15) is 5.82 Å². The standard InChI is InChI=1S/C70H62N4Si/c1-69(2,3)56-38-39-71-68(45-56)74-65-35-23-22-34-63(65)64-37-36-61(47-66(64)74)75(59-30-18-10-19-31-59,60-32-20-11-21-33-60)62-44-55(52-28-16-9-17-29-52)41-57(46-62)72-48-67(70(4,5)6)73(49-72)58-42-53(50-24-12-7-13-25-50)40-54(43-58)51-26-14-8-15-27-51/h7-48H,49H2,1-6H3. The molecule has 0 unspecified atom stereocenters. The van der Waals surface area contributed by atoms with E-state index in [1.807, 2.05) is 6.20 Å². The van der Waals surface area contributed by atoms with Crippen molar-refractivity contribution in [2.45, 2.75) is 47.0 Å². The number of para-hydroxylation sites is 1. The number of allylic oxidation sites excluding steroid dienone is 1. The molecule has 2 aromatic heterocycles. The largest absolute Gasteiger partial charge is 0.328 e. The highest BCUT2D eigenvalue weighted by atomic mass is 28.3. The minimum Gasteiger partial charge on any atom is -0.328 e. The molecule has 4 nitrogen and oxygen atoms in total. The number of hydrogen-bond acceptors (Lipinski definition) is 3. The van der Waals surface area contributed by atoms with Gasteiger partial charge in [-0.25, -0.2) is 4.98 Å². The molecule has 11 aromatic rings. The molecule has 0 bridgehead atoms. The number of rotatable bonds is 10. The van der Waals surface area contributed by atoms with E-state index in [0.29, 0.717) is 6.67 Å². The molecule has 1 aliphatic heterocycles. The number of nitrogens with zero attached hydrogens (tertiary/aromatic N) is 4. The molecular formula is C70H62N4Si. The van der Waals surface area contributed by atoms with E-state index in [-0.39, 0.29) is 10.8 Å². The average Bonchev–Trinajstić information content (AvgIpc) is 4.07. The summed E-state index contributed by atoms with van der Waals surface area (Å²) in [5, 5.41) is 7.69. The van der Waals surface area contributed by atoms with E-state index < -0.39 is 8.07 Å². The average molecular weight is 987 g/mol. The predicted octanol–water partition coefficient (Wildman–Crippen LogP) is 15.0. The van der Waals surface area contributed by atoms with E-state index in [4.69, 9.17) is 4.98 Å². The summed E-state index contributed by atoms with van der Waals surface area (Å²) in [7, 11) is -3.20. The maximum atomic E-state index is 5.11. The number of benzene rings is 9. The summed E-state index contributed by atoms with van der Waals surface area (Å²) in [4.78, 5) is 10.2. The van der Waals surface area contributed by atoms with Crippen LogP contribution in [0.25, 0.3) is 61.0 Å². The van der Waals surface area contributed by atoms with Gasteiger partial charge in [0.2, 0.25) is 0 Å². The van der Waals surface area contributed by atoms with Crippen molar-refractivity contribution in [3.05, 3.63) is 266 Å². The molecule has 0 atom stereocenters. The number of pyridine rings is 1. The Labute approximate surface area is 443 Å². The van der Waals surface area contributed by atoms with E-state index in [1.165, 1.54) is 81.8 Å². The molecule has 366 valence electrons. The Morgan fingerprint density at radius 1 is 0.387 bits per heavy atom. The second-order valence-electron chi connectivity index (χ2n) is 22.2. The van der Waals surface area contributed by atoms with Gasteiger partial charge < -0.3 is 9.80 Å². The summed E-state index contributed by atoms with van der Waals surface area (Å²) in [6.45, 7) is 14.5. The van der Waals surface area contributed by atoms with E-state index >= 15 is 0 Å². The zero-order valence-electron chi connectivity index (χ0n) is 43.7. The van der Waals surface area contributed by atoms with Crippen LogP contribution in [0.2, 0.25) is 0 Å². The molecule has 9 aromatic carbocycles.